The van der Waals surface area contributed by atoms with Gasteiger partial charge in [-0.25, -0.2) is 9.59 Å². The number of nitrogens with zero attached hydrogens (tertiary/aromatic N) is 2. The molecular weight excluding hydrogens is 280 g/mol. The summed E-state index contributed by atoms with van der Waals surface area (Å²) in [7, 11) is 0. The monoisotopic (exact) mass is 288 g/mol. The van der Waals surface area contributed by atoms with Crippen LogP contribution in [-0.2, 0) is 21.4 Å². The summed E-state index contributed by atoms with van der Waals surface area (Å²) < 4.78 is 55.0. The van der Waals surface area contributed by atoms with E-state index in [0.29, 0.717) is 0 Å². The maximum absolute atomic E-state index is 13.7. The largest absolute Gasteiger partial charge is 0.293 e. The molecule has 0 aromatic heterocycles. The van der Waals surface area contributed by atoms with E-state index in [4.69, 9.17) is 0 Å². The molecule has 20 heavy (non-hydrogen) atoms. The molecule has 0 saturated carbocycles. The highest BCUT2D eigenvalue weighted by Gasteiger charge is 2.42. The van der Waals surface area contributed by atoms with Gasteiger partial charge in [0.05, 0.1) is 0 Å². The smallest absolute Gasteiger partial charge is 0.211 e. The molecule has 0 atom stereocenters. The van der Waals surface area contributed by atoms with Crippen molar-refractivity contribution in [1.82, 2.24) is 0 Å². The van der Waals surface area contributed by atoms with Crippen molar-refractivity contribution in [3.63, 3.8) is 0 Å². The van der Waals surface area contributed by atoms with Crippen molar-refractivity contribution < 1.29 is 27.2 Å². The van der Waals surface area contributed by atoms with Crippen molar-refractivity contribution in [2.45, 2.75) is 11.8 Å². The first-order valence-corrected chi connectivity index (χ1v) is 5.28. The fraction of sp³-hybridized carbons (Fsp3) is 0.333. The second kappa shape index (κ2) is 6.23. The van der Waals surface area contributed by atoms with Gasteiger partial charge >= 0.3 is 0 Å². The Kier molecular flexibility index (Phi) is 4.91. The van der Waals surface area contributed by atoms with Crippen LogP contribution in [0, 0.1) is 0 Å². The van der Waals surface area contributed by atoms with Gasteiger partial charge in [-0.3, -0.25) is 0 Å². The van der Waals surface area contributed by atoms with Gasteiger partial charge in [-0.2, -0.15) is 27.5 Å². The Morgan fingerprint density at radius 1 is 0.850 bits per heavy atom. The predicted octanol–water partition coefficient (Wildman–Crippen LogP) is 2.54. The maximum atomic E-state index is 13.7. The quantitative estimate of drug-likeness (QED) is 0.459. The van der Waals surface area contributed by atoms with Gasteiger partial charge in [0.1, 0.15) is 13.1 Å². The van der Waals surface area contributed by atoms with Gasteiger partial charge < -0.3 is 0 Å². The van der Waals surface area contributed by atoms with Crippen molar-refractivity contribution in [3.8, 4) is 0 Å². The average molecular weight is 288 g/mol. The maximum Gasteiger partial charge on any atom is 0.293 e. The lowest BCUT2D eigenvalue weighted by atomic mass is 9.96. The van der Waals surface area contributed by atoms with Gasteiger partial charge in [0.2, 0.25) is 12.2 Å². The molecule has 0 spiro atoms. The van der Waals surface area contributed by atoms with Crippen LogP contribution in [0.4, 0.5) is 17.6 Å². The van der Waals surface area contributed by atoms with Crippen molar-refractivity contribution >= 4 is 12.2 Å². The molecular formula is C12H8F4N2O2. The van der Waals surface area contributed by atoms with E-state index in [2.05, 4.69) is 9.98 Å². The Labute approximate surface area is 110 Å². The van der Waals surface area contributed by atoms with E-state index in [1.54, 1.807) is 0 Å². The fourth-order valence-corrected chi connectivity index (χ4v) is 1.55. The van der Waals surface area contributed by atoms with Crippen LogP contribution in [0.2, 0.25) is 0 Å². The van der Waals surface area contributed by atoms with E-state index in [0.717, 1.165) is 36.4 Å². The van der Waals surface area contributed by atoms with E-state index < -0.39 is 36.1 Å². The first kappa shape index (κ1) is 15.8. The van der Waals surface area contributed by atoms with Crippen LogP contribution in [-0.4, -0.2) is 25.2 Å². The molecule has 0 heterocycles. The molecule has 0 saturated heterocycles. The van der Waals surface area contributed by atoms with E-state index in [9.17, 15) is 27.2 Å². The minimum Gasteiger partial charge on any atom is -0.211 e. The second-order valence-electron chi connectivity index (χ2n) is 3.77. The Morgan fingerprint density at radius 2 is 1.20 bits per heavy atom. The molecule has 0 amide bonds. The summed E-state index contributed by atoms with van der Waals surface area (Å²) in [4.78, 5) is 25.2. The topological polar surface area (TPSA) is 58.9 Å². The lowest BCUT2D eigenvalue weighted by Crippen LogP contribution is -2.26. The highest BCUT2D eigenvalue weighted by atomic mass is 19.3. The molecule has 0 aliphatic heterocycles. The van der Waals surface area contributed by atoms with Crippen LogP contribution in [0.3, 0.4) is 0 Å². The summed E-state index contributed by atoms with van der Waals surface area (Å²) in [5, 5.41) is 0. The summed E-state index contributed by atoms with van der Waals surface area (Å²) in [6.07, 6.45) is 1.85. The summed E-state index contributed by atoms with van der Waals surface area (Å²) in [6.45, 7) is -2.58. The van der Waals surface area contributed by atoms with Crippen molar-refractivity contribution in [3.05, 3.63) is 35.4 Å². The number of benzene rings is 1. The number of rotatable bonds is 6. The molecule has 1 rings (SSSR count). The fourth-order valence-electron chi connectivity index (χ4n) is 1.55. The van der Waals surface area contributed by atoms with Gasteiger partial charge in [0, 0.05) is 11.1 Å². The second-order valence-corrected chi connectivity index (χ2v) is 3.77. The lowest BCUT2D eigenvalue weighted by molar-refractivity contribution is -0.0204. The first-order valence-electron chi connectivity index (χ1n) is 5.28. The first-order chi connectivity index (χ1) is 9.35. The minimum absolute atomic E-state index is 0.800. The van der Waals surface area contributed by atoms with E-state index in [-0.39, 0.29) is 0 Å². The molecule has 0 unspecified atom stereocenters. The highest BCUT2D eigenvalue weighted by Crippen LogP contribution is 2.38. The molecule has 0 radical (unpaired) electrons. The van der Waals surface area contributed by atoms with Crippen LogP contribution < -0.4 is 0 Å². The molecule has 1 aromatic rings. The SMILES string of the molecule is O=C=NCC(F)(F)c1ccccc1C(F)(F)CN=C=O. The number of aliphatic imine (C=N–C) groups is 2. The molecule has 0 aliphatic carbocycles. The standard InChI is InChI=1S/C12H8F4N2O2/c13-11(14,5-17-7-19)9-3-1-2-4-10(9)12(15,16)6-18-8-20/h1-4H,5-6H2. The van der Waals surface area contributed by atoms with Crippen molar-refractivity contribution in [1.29, 1.82) is 0 Å². The van der Waals surface area contributed by atoms with E-state index in [1.807, 2.05) is 0 Å². The average Bonchev–Trinajstić information content (AvgIpc) is 2.43. The van der Waals surface area contributed by atoms with Crippen LogP contribution in [0.25, 0.3) is 0 Å². The molecule has 0 aliphatic rings. The van der Waals surface area contributed by atoms with Gasteiger partial charge in [0.15, 0.2) is 0 Å². The van der Waals surface area contributed by atoms with E-state index in [1.165, 1.54) is 0 Å². The van der Waals surface area contributed by atoms with Gasteiger partial charge in [0.25, 0.3) is 11.8 Å². The Hall–Kier alpha value is -2.30. The Balaban J connectivity index is 3.29. The van der Waals surface area contributed by atoms with E-state index >= 15 is 0 Å². The summed E-state index contributed by atoms with van der Waals surface area (Å²) >= 11 is 0. The molecule has 4 nitrogen and oxygen atoms in total. The molecule has 106 valence electrons. The summed E-state index contributed by atoms with van der Waals surface area (Å²) in [6, 6.07) is 3.90. The highest BCUT2D eigenvalue weighted by molar-refractivity contribution is 5.38. The molecule has 0 N–H and O–H groups in total. The number of halogens is 4. The van der Waals surface area contributed by atoms with Gasteiger partial charge in [-0.1, -0.05) is 24.3 Å². The third kappa shape index (κ3) is 3.60. The number of isocyanates is 2. The summed E-state index contributed by atoms with van der Waals surface area (Å²) in [5.41, 5.74) is -1.96. The summed E-state index contributed by atoms with van der Waals surface area (Å²) in [5.74, 6) is -7.52. The van der Waals surface area contributed by atoms with Crippen LogP contribution in [0.5, 0.6) is 0 Å². The van der Waals surface area contributed by atoms with Gasteiger partial charge in [-0.15, -0.1) is 0 Å². The zero-order chi connectivity index (χ0) is 15.2. The molecule has 0 fully saturated rings. The van der Waals surface area contributed by atoms with Crippen LogP contribution in [0.1, 0.15) is 11.1 Å². The Morgan fingerprint density at radius 3 is 1.50 bits per heavy atom. The molecule has 0 bridgehead atoms. The lowest BCUT2D eigenvalue weighted by Gasteiger charge is -2.22. The number of hydrogen-bond donors (Lipinski definition) is 0. The number of carbonyl (C=O) groups excluding carboxylic acids is 2. The van der Waals surface area contributed by atoms with Crippen LogP contribution >= 0.6 is 0 Å². The third-order valence-electron chi connectivity index (χ3n) is 2.40. The Bertz CT molecular complexity index is 526. The van der Waals surface area contributed by atoms with Gasteiger partial charge in [-0.05, 0) is 0 Å². The van der Waals surface area contributed by atoms with Crippen molar-refractivity contribution in [2.24, 2.45) is 9.98 Å². The van der Waals surface area contributed by atoms with Crippen molar-refractivity contribution in [2.75, 3.05) is 13.1 Å². The predicted molar refractivity (Wildman–Crippen MR) is 60.2 cm³/mol. The van der Waals surface area contributed by atoms with Crippen LogP contribution in [0.15, 0.2) is 34.3 Å². The minimum atomic E-state index is -3.76. The molecule has 8 heteroatoms. The number of hydrogen-bond acceptors (Lipinski definition) is 4. The zero-order valence-corrected chi connectivity index (χ0v) is 9.95. The number of alkyl halides is 4. The molecule has 1 aromatic carbocycles. The third-order valence-corrected chi connectivity index (χ3v) is 2.40. The normalized spacial score (nSPS) is 11.4. The zero-order valence-electron chi connectivity index (χ0n) is 9.95.